The maximum Gasteiger partial charge on any atom is 0.348 e. The molecule has 0 radical (unpaired) electrons. The number of hydrogen-bond acceptors (Lipinski definition) is 6. The lowest BCUT2D eigenvalue weighted by molar-refractivity contribution is -0.384. The van der Waals surface area contributed by atoms with E-state index in [9.17, 15) is 10.1 Å². The van der Waals surface area contributed by atoms with Gasteiger partial charge in [0.2, 0.25) is 11.0 Å². The Labute approximate surface area is 121 Å². The van der Waals surface area contributed by atoms with Crippen LogP contribution in [0.5, 0.6) is 0 Å². The maximum atomic E-state index is 11.1. The number of rotatable bonds is 3. The van der Waals surface area contributed by atoms with Gasteiger partial charge in [0.1, 0.15) is 6.10 Å². The predicted molar refractivity (Wildman–Crippen MR) is 75.0 cm³/mol. The van der Waals surface area contributed by atoms with Crippen molar-refractivity contribution in [3.05, 3.63) is 21.1 Å². The molecule has 1 N–H and O–H groups in total. The summed E-state index contributed by atoms with van der Waals surface area (Å²) in [5.74, 6) is 0.526. The zero-order valence-corrected chi connectivity index (χ0v) is 12.4. The first-order valence-electron chi connectivity index (χ1n) is 6.39. The summed E-state index contributed by atoms with van der Waals surface area (Å²) in [5.41, 5.74) is -0.681. The minimum Gasteiger partial charge on any atom is -0.370 e. The second kappa shape index (κ2) is 5.49. The van der Waals surface area contributed by atoms with E-state index in [2.05, 4.69) is 15.3 Å². The Bertz CT molecular complexity index is 524. The van der Waals surface area contributed by atoms with Gasteiger partial charge in [-0.05, 0) is 33.6 Å². The Balaban J connectivity index is 2.45. The van der Waals surface area contributed by atoms with Crippen molar-refractivity contribution >= 4 is 23.1 Å². The van der Waals surface area contributed by atoms with Gasteiger partial charge in [-0.25, -0.2) is 9.97 Å². The summed E-state index contributed by atoms with van der Waals surface area (Å²) in [6.07, 6.45) is 1.47. The van der Waals surface area contributed by atoms with Gasteiger partial charge in [-0.3, -0.25) is 10.1 Å². The number of nitro groups is 1. The fraction of sp³-hybridized carbons (Fsp3) is 0.667. The average Bonchev–Trinajstić information content (AvgIpc) is 2.78. The number of anilines is 1. The van der Waals surface area contributed by atoms with E-state index >= 15 is 0 Å². The summed E-state index contributed by atoms with van der Waals surface area (Å²) >= 11 is 5.95. The third-order valence-corrected chi connectivity index (χ3v) is 3.02. The van der Waals surface area contributed by atoms with E-state index < -0.39 is 4.92 Å². The minimum atomic E-state index is -0.574. The van der Waals surface area contributed by atoms with Crippen molar-refractivity contribution in [1.29, 1.82) is 0 Å². The highest BCUT2D eigenvalue weighted by Crippen LogP contribution is 2.35. The summed E-state index contributed by atoms with van der Waals surface area (Å²) < 4.78 is 5.50. The molecule has 1 aliphatic heterocycles. The Morgan fingerprint density at radius 3 is 2.65 bits per heavy atom. The normalized spacial score (nSPS) is 19.1. The van der Waals surface area contributed by atoms with Crippen molar-refractivity contribution in [3.8, 4) is 0 Å². The van der Waals surface area contributed by atoms with Crippen LogP contribution in [-0.4, -0.2) is 27.0 Å². The molecule has 0 aliphatic carbocycles. The van der Waals surface area contributed by atoms with E-state index in [4.69, 9.17) is 16.3 Å². The van der Waals surface area contributed by atoms with Gasteiger partial charge in [-0.15, -0.1) is 0 Å². The molecule has 1 unspecified atom stereocenters. The summed E-state index contributed by atoms with van der Waals surface area (Å²) in [6, 6.07) is 0. The van der Waals surface area contributed by atoms with Crippen molar-refractivity contribution in [2.45, 2.75) is 45.3 Å². The van der Waals surface area contributed by atoms with Crippen LogP contribution in [0.4, 0.5) is 11.5 Å². The summed E-state index contributed by atoms with van der Waals surface area (Å²) in [5, 5.41) is 14.0. The van der Waals surface area contributed by atoms with Crippen molar-refractivity contribution in [1.82, 2.24) is 9.97 Å². The third kappa shape index (κ3) is 3.34. The Morgan fingerprint density at radius 1 is 1.45 bits per heavy atom. The largest absolute Gasteiger partial charge is 0.370 e. The quantitative estimate of drug-likeness (QED) is 0.524. The minimum absolute atomic E-state index is 0.132. The molecule has 0 aromatic carbocycles. The van der Waals surface area contributed by atoms with Crippen LogP contribution in [0.25, 0.3) is 0 Å². The van der Waals surface area contributed by atoms with Crippen LogP contribution in [0.3, 0.4) is 0 Å². The molecule has 0 spiro atoms. The summed E-state index contributed by atoms with van der Waals surface area (Å²) in [7, 11) is 0. The molecule has 8 heteroatoms. The molecule has 0 bridgehead atoms. The topological polar surface area (TPSA) is 90.2 Å². The van der Waals surface area contributed by atoms with E-state index in [1.54, 1.807) is 0 Å². The lowest BCUT2D eigenvalue weighted by Gasteiger charge is -2.22. The molecule has 1 aliphatic rings. The number of halogens is 1. The first kappa shape index (κ1) is 14.9. The Kier molecular flexibility index (Phi) is 4.10. The molecule has 1 saturated heterocycles. The highest BCUT2D eigenvalue weighted by atomic mass is 35.5. The van der Waals surface area contributed by atoms with Crippen LogP contribution in [0.2, 0.25) is 5.15 Å². The van der Waals surface area contributed by atoms with Gasteiger partial charge < -0.3 is 10.1 Å². The number of aromatic nitrogens is 2. The SMILES string of the molecule is CC(C)(C)Nc1nc(C2CCCO2)nc(Cl)c1[N+](=O)[O-]. The fourth-order valence-electron chi connectivity index (χ4n) is 1.97. The lowest BCUT2D eigenvalue weighted by Crippen LogP contribution is -2.28. The number of ether oxygens (including phenoxy) is 1. The number of hydrogen-bond donors (Lipinski definition) is 1. The molecule has 1 aromatic heterocycles. The standard InChI is InChI=1S/C12H17ClN4O3/c1-12(2,3)16-11-8(17(18)19)9(13)14-10(15-11)7-5-4-6-20-7/h7H,4-6H2,1-3H3,(H,14,15,16). The molecule has 2 heterocycles. The van der Waals surface area contributed by atoms with E-state index in [-0.39, 0.29) is 28.3 Å². The van der Waals surface area contributed by atoms with Gasteiger partial charge in [0.15, 0.2) is 5.82 Å². The van der Waals surface area contributed by atoms with Crippen molar-refractivity contribution in [2.24, 2.45) is 0 Å². The zero-order valence-electron chi connectivity index (χ0n) is 11.6. The molecule has 20 heavy (non-hydrogen) atoms. The molecule has 1 aromatic rings. The van der Waals surface area contributed by atoms with Crippen LogP contribution in [0, 0.1) is 10.1 Å². The van der Waals surface area contributed by atoms with Crippen molar-refractivity contribution in [2.75, 3.05) is 11.9 Å². The zero-order chi connectivity index (χ0) is 14.9. The Hall–Kier alpha value is -1.47. The molecular weight excluding hydrogens is 284 g/mol. The first-order chi connectivity index (χ1) is 9.28. The molecule has 110 valence electrons. The highest BCUT2D eigenvalue weighted by molar-refractivity contribution is 6.31. The van der Waals surface area contributed by atoms with E-state index in [0.717, 1.165) is 12.8 Å². The molecule has 0 saturated carbocycles. The number of nitrogens with zero attached hydrogens (tertiary/aromatic N) is 3. The van der Waals surface area contributed by atoms with Crippen LogP contribution in [0.1, 0.15) is 45.5 Å². The average molecular weight is 301 g/mol. The van der Waals surface area contributed by atoms with Gasteiger partial charge in [0.05, 0.1) is 4.92 Å². The monoisotopic (exact) mass is 300 g/mol. The maximum absolute atomic E-state index is 11.1. The molecule has 7 nitrogen and oxygen atoms in total. The van der Waals surface area contributed by atoms with Gasteiger partial charge in [-0.1, -0.05) is 11.6 Å². The van der Waals surface area contributed by atoms with Crippen LogP contribution in [-0.2, 0) is 4.74 Å². The van der Waals surface area contributed by atoms with Crippen molar-refractivity contribution in [3.63, 3.8) is 0 Å². The molecule has 1 fully saturated rings. The van der Waals surface area contributed by atoms with Gasteiger partial charge in [-0.2, -0.15) is 0 Å². The second-order valence-corrected chi connectivity index (χ2v) is 6.06. The van der Waals surface area contributed by atoms with E-state index in [1.807, 2.05) is 20.8 Å². The highest BCUT2D eigenvalue weighted by Gasteiger charge is 2.30. The summed E-state index contributed by atoms with van der Waals surface area (Å²) in [4.78, 5) is 18.8. The predicted octanol–water partition coefficient (Wildman–Crippen LogP) is 3.10. The smallest absolute Gasteiger partial charge is 0.348 e. The Morgan fingerprint density at radius 2 is 2.15 bits per heavy atom. The third-order valence-electron chi connectivity index (χ3n) is 2.75. The number of nitrogens with one attached hydrogen (secondary N) is 1. The van der Waals surface area contributed by atoms with E-state index in [0.29, 0.717) is 12.4 Å². The molecule has 1 atom stereocenters. The molecule has 2 rings (SSSR count). The molecule has 0 amide bonds. The van der Waals surface area contributed by atoms with Gasteiger partial charge in [0.25, 0.3) is 0 Å². The molecular formula is C12H17ClN4O3. The van der Waals surface area contributed by atoms with Crippen LogP contribution >= 0.6 is 11.6 Å². The van der Waals surface area contributed by atoms with E-state index in [1.165, 1.54) is 0 Å². The lowest BCUT2D eigenvalue weighted by atomic mass is 10.1. The van der Waals surface area contributed by atoms with Gasteiger partial charge in [0, 0.05) is 12.1 Å². The second-order valence-electron chi connectivity index (χ2n) is 5.70. The first-order valence-corrected chi connectivity index (χ1v) is 6.77. The van der Waals surface area contributed by atoms with Crippen LogP contribution < -0.4 is 5.32 Å². The van der Waals surface area contributed by atoms with Crippen LogP contribution in [0.15, 0.2) is 0 Å². The van der Waals surface area contributed by atoms with Gasteiger partial charge >= 0.3 is 5.69 Å². The van der Waals surface area contributed by atoms with Crippen molar-refractivity contribution < 1.29 is 9.66 Å². The summed E-state index contributed by atoms with van der Waals surface area (Å²) in [6.45, 7) is 6.31. The fourth-order valence-corrected chi connectivity index (χ4v) is 2.22.